The highest BCUT2D eigenvalue weighted by molar-refractivity contribution is 4.99. The standard InChI is InChI=1S/C30H62N4O6/c1-2-3-4-5-6-7-8-9-10-11-12-13-14-15-16-17-18-38-29-23(20-31)39-30(24(34)26(29)36)40-28-22(33)19-21(32)25(35)27(28)37/h21-30,35-37H,2-20,31-34H2,1H3/t21-,22+,23-,24-,25+,26-,27-,28-,29-,30-/m1/s1. The van der Waals surface area contributed by atoms with E-state index in [1.54, 1.807) is 0 Å². The largest absolute Gasteiger partial charge is 0.389 e. The van der Waals surface area contributed by atoms with Gasteiger partial charge in [0.25, 0.3) is 0 Å². The molecule has 0 bridgehead atoms. The molecule has 1 saturated heterocycles. The third-order valence-corrected chi connectivity index (χ3v) is 8.64. The lowest BCUT2D eigenvalue weighted by Crippen LogP contribution is -2.67. The molecule has 0 radical (unpaired) electrons. The summed E-state index contributed by atoms with van der Waals surface area (Å²) in [6.07, 6.45) is 14.4. The molecule has 10 heteroatoms. The molecule has 0 spiro atoms. The topological polar surface area (TPSA) is 192 Å². The highest BCUT2D eigenvalue weighted by Gasteiger charge is 2.48. The van der Waals surface area contributed by atoms with Gasteiger partial charge in [0.2, 0.25) is 0 Å². The van der Waals surface area contributed by atoms with Gasteiger partial charge in [-0.15, -0.1) is 0 Å². The Morgan fingerprint density at radius 3 is 1.65 bits per heavy atom. The number of unbranched alkanes of at least 4 members (excludes halogenated alkanes) is 15. The van der Waals surface area contributed by atoms with Crippen LogP contribution < -0.4 is 22.9 Å². The van der Waals surface area contributed by atoms with Crippen LogP contribution in [0.1, 0.15) is 116 Å². The van der Waals surface area contributed by atoms with E-state index >= 15 is 0 Å². The van der Waals surface area contributed by atoms with Crippen molar-refractivity contribution in [3.8, 4) is 0 Å². The Balaban J connectivity index is 1.55. The van der Waals surface area contributed by atoms with Crippen molar-refractivity contribution in [1.82, 2.24) is 0 Å². The van der Waals surface area contributed by atoms with Crippen LogP contribution in [0.25, 0.3) is 0 Å². The molecule has 1 aliphatic heterocycles. The zero-order valence-electron chi connectivity index (χ0n) is 25.1. The quantitative estimate of drug-likeness (QED) is 0.0999. The molecular weight excluding hydrogens is 512 g/mol. The third-order valence-electron chi connectivity index (χ3n) is 8.64. The summed E-state index contributed by atoms with van der Waals surface area (Å²) in [5.41, 5.74) is 24.1. The summed E-state index contributed by atoms with van der Waals surface area (Å²) in [6.45, 7) is 2.87. The Kier molecular flexibility index (Phi) is 18.3. The maximum atomic E-state index is 10.9. The van der Waals surface area contributed by atoms with Gasteiger partial charge < -0.3 is 52.5 Å². The van der Waals surface area contributed by atoms with E-state index in [1.807, 2.05) is 0 Å². The molecule has 40 heavy (non-hydrogen) atoms. The van der Waals surface area contributed by atoms with E-state index in [0.29, 0.717) is 6.61 Å². The van der Waals surface area contributed by atoms with E-state index in [9.17, 15) is 15.3 Å². The number of aliphatic hydroxyl groups excluding tert-OH is 3. The summed E-state index contributed by atoms with van der Waals surface area (Å²) in [5.74, 6) is 0. The van der Waals surface area contributed by atoms with Gasteiger partial charge in [-0.1, -0.05) is 103 Å². The van der Waals surface area contributed by atoms with Crippen LogP contribution in [0.5, 0.6) is 0 Å². The van der Waals surface area contributed by atoms with Crippen molar-refractivity contribution in [2.75, 3.05) is 13.2 Å². The summed E-state index contributed by atoms with van der Waals surface area (Å²) < 4.78 is 17.8. The van der Waals surface area contributed by atoms with Crippen molar-refractivity contribution in [2.45, 2.75) is 177 Å². The van der Waals surface area contributed by atoms with E-state index in [2.05, 4.69) is 6.92 Å². The molecule has 1 heterocycles. The van der Waals surface area contributed by atoms with Crippen LogP contribution in [-0.2, 0) is 14.2 Å². The zero-order valence-corrected chi connectivity index (χ0v) is 25.1. The predicted molar refractivity (Wildman–Crippen MR) is 158 cm³/mol. The first-order chi connectivity index (χ1) is 19.3. The normalized spacial score (nSPS) is 34.8. The second-order valence-corrected chi connectivity index (χ2v) is 12.1. The van der Waals surface area contributed by atoms with Crippen molar-refractivity contribution in [2.24, 2.45) is 22.9 Å². The number of nitrogens with two attached hydrogens (primary N) is 4. The minimum atomic E-state index is -1.29. The summed E-state index contributed by atoms with van der Waals surface area (Å²) in [7, 11) is 0. The van der Waals surface area contributed by atoms with Gasteiger partial charge in [0.05, 0.1) is 12.1 Å². The number of rotatable bonds is 21. The molecule has 10 atom stereocenters. The van der Waals surface area contributed by atoms with Crippen molar-refractivity contribution in [3.05, 3.63) is 0 Å². The van der Waals surface area contributed by atoms with Gasteiger partial charge in [-0.25, -0.2) is 0 Å². The highest BCUT2D eigenvalue weighted by atomic mass is 16.7. The molecule has 11 N–H and O–H groups in total. The fourth-order valence-electron chi connectivity index (χ4n) is 5.95. The molecule has 2 rings (SSSR count). The molecule has 1 aliphatic carbocycles. The minimum Gasteiger partial charge on any atom is -0.389 e. The van der Waals surface area contributed by atoms with Crippen LogP contribution in [0, 0.1) is 0 Å². The van der Waals surface area contributed by atoms with Crippen LogP contribution in [-0.4, -0.2) is 89.5 Å². The number of hydrogen-bond donors (Lipinski definition) is 7. The number of hydrogen-bond acceptors (Lipinski definition) is 10. The molecule has 0 aromatic heterocycles. The number of aliphatic hydroxyl groups is 3. The third kappa shape index (κ3) is 12.1. The molecule has 0 aromatic carbocycles. The van der Waals surface area contributed by atoms with Gasteiger partial charge in [0.15, 0.2) is 6.29 Å². The fraction of sp³-hybridized carbons (Fsp3) is 1.00. The van der Waals surface area contributed by atoms with Crippen LogP contribution in [0.15, 0.2) is 0 Å². The Morgan fingerprint density at radius 2 is 1.15 bits per heavy atom. The molecule has 2 fully saturated rings. The molecule has 0 amide bonds. The van der Waals surface area contributed by atoms with Crippen LogP contribution in [0.4, 0.5) is 0 Å². The van der Waals surface area contributed by atoms with Gasteiger partial charge >= 0.3 is 0 Å². The van der Waals surface area contributed by atoms with Gasteiger partial charge in [0.1, 0.15) is 30.5 Å². The second-order valence-electron chi connectivity index (χ2n) is 12.1. The van der Waals surface area contributed by atoms with Gasteiger partial charge in [-0.2, -0.15) is 0 Å². The monoisotopic (exact) mass is 574 g/mol. The maximum Gasteiger partial charge on any atom is 0.176 e. The molecule has 10 nitrogen and oxygen atoms in total. The first kappa shape index (κ1) is 35.8. The molecule has 238 valence electrons. The van der Waals surface area contributed by atoms with Gasteiger partial charge in [-0.05, 0) is 12.8 Å². The van der Waals surface area contributed by atoms with E-state index in [1.165, 1.54) is 89.9 Å². The van der Waals surface area contributed by atoms with Crippen LogP contribution >= 0.6 is 0 Å². The first-order valence-corrected chi connectivity index (χ1v) is 16.2. The Morgan fingerprint density at radius 1 is 0.650 bits per heavy atom. The molecule has 0 aromatic rings. The average molecular weight is 575 g/mol. The number of ether oxygens (including phenoxy) is 3. The van der Waals surface area contributed by atoms with Crippen molar-refractivity contribution in [3.63, 3.8) is 0 Å². The molecule has 1 saturated carbocycles. The van der Waals surface area contributed by atoms with Gasteiger partial charge in [0, 0.05) is 25.2 Å². The molecule has 2 aliphatic rings. The molecule has 0 unspecified atom stereocenters. The summed E-state index contributed by atoms with van der Waals surface area (Å²) in [5, 5.41) is 31.4. The lowest BCUT2D eigenvalue weighted by atomic mass is 9.84. The average Bonchev–Trinajstić information content (AvgIpc) is 2.94. The second kappa shape index (κ2) is 20.5. The highest BCUT2D eigenvalue weighted by Crippen LogP contribution is 2.28. The van der Waals surface area contributed by atoms with E-state index in [-0.39, 0.29) is 13.0 Å². The smallest absolute Gasteiger partial charge is 0.176 e. The Bertz CT molecular complexity index is 633. The molecular formula is C30H62N4O6. The summed E-state index contributed by atoms with van der Waals surface area (Å²) >= 11 is 0. The SMILES string of the molecule is CCCCCCCCCCCCCCCCCCO[C@H]1[C@H](O)[C@@H](N)[C@@H](O[C@H]2[C@H](O)[C@@H](O)[C@H](N)C[C@@H]2N)O[C@@H]1CN. The predicted octanol–water partition coefficient (Wildman–Crippen LogP) is 2.17. The zero-order chi connectivity index (χ0) is 29.3. The van der Waals surface area contributed by atoms with E-state index < -0.39 is 61.0 Å². The van der Waals surface area contributed by atoms with E-state index in [0.717, 1.165) is 12.8 Å². The lowest BCUT2D eigenvalue weighted by Gasteiger charge is -2.46. The maximum absolute atomic E-state index is 10.9. The van der Waals surface area contributed by atoms with Crippen LogP contribution in [0.3, 0.4) is 0 Å². The fourth-order valence-corrected chi connectivity index (χ4v) is 5.95. The Labute approximate surface area is 242 Å². The van der Waals surface area contributed by atoms with Crippen molar-refractivity contribution >= 4 is 0 Å². The minimum absolute atomic E-state index is 0.111. The van der Waals surface area contributed by atoms with Crippen LogP contribution in [0.2, 0.25) is 0 Å². The van der Waals surface area contributed by atoms with Gasteiger partial charge in [-0.3, -0.25) is 0 Å². The Hall–Kier alpha value is -0.400. The lowest BCUT2D eigenvalue weighted by molar-refractivity contribution is -0.293. The van der Waals surface area contributed by atoms with Crippen molar-refractivity contribution < 1.29 is 29.5 Å². The van der Waals surface area contributed by atoms with Crippen molar-refractivity contribution in [1.29, 1.82) is 0 Å². The van der Waals surface area contributed by atoms with E-state index in [4.69, 9.17) is 37.1 Å². The summed E-state index contributed by atoms with van der Waals surface area (Å²) in [4.78, 5) is 0. The first-order valence-electron chi connectivity index (χ1n) is 16.2. The summed E-state index contributed by atoms with van der Waals surface area (Å²) in [6, 6.07) is -2.18.